The lowest BCUT2D eigenvalue weighted by Crippen LogP contribution is -2.40. The quantitative estimate of drug-likeness (QED) is 0.495. The van der Waals surface area contributed by atoms with Gasteiger partial charge in [0.25, 0.3) is 0 Å². The Labute approximate surface area is 187 Å². The zero-order valence-electron chi connectivity index (χ0n) is 19.2. The van der Waals surface area contributed by atoms with Crippen LogP contribution in [0.3, 0.4) is 0 Å². The molecule has 31 heavy (non-hydrogen) atoms. The average Bonchev–Trinajstić information content (AvgIpc) is 3.39. The first kappa shape index (κ1) is 20.7. The number of benzene rings is 2. The van der Waals surface area contributed by atoms with Crippen molar-refractivity contribution in [3.05, 3.63) is 66.0 Å². The molecule has 2 saturated heterocycles. The molecule has 3 heteroatoms. The lowest BCUT2D eigenvalue weighted by molar-refractivity contribution is 0.129. The van der Waals surface area contributed by atoms with Crippen molar-refractivity contribution < 1.29 is 0 Å². The molecule has 0 aliphatic carbocycles. The highest BCUT2D eigenvalue weighted by atomic mass is 15.3. The Kier molecular flexibility index (Phi) is 5.81. The van der Waals surface area contributed by atoms with Crippen molar-refractivity contribution in [2.75, 3.05) is 19.6 Å². The van der Waals surface area contributed by atoms with Crippen LogP contribution in [0.15, 0.2) is 54.7 Å². The van der Waals surface area contributed by atoms with Gasteiger partial charge in [-0.25, -0.2) is 0 Å². The van der Waals surface area contributed by atoms with Crippen molar-refractivity contribution >= 4 is 10.8 Å². The SMILES string of the molecule is Cc1ccc(-c2ccc3cc(C(CN4CCC[C@H]4C)N4CCC[C@H]4C)ccc3c2)cn1. The molecular formula is C28H35N3. The Balaban J connectivity index is 1.47. The van der Waals surface area contributed by atoms with Crippen LogP contribution in [0.1, 0.15) is 56.8 Å². The zero-order chi connectivity index (χ0) is 21.4. The van der Waals surface area contributed by atoms with Crippen LogP contribution in [-0.4, -0.2) is 46.5 Å². The minimum absolute atomic E-state index is 0.489. The fourth-order valence-corrected chi connectivity index (χ4v) is 5.60. The van der Waals surface area contributed by atoms with Crippen LogP contribution in [0.25, 0.3) is 21.9 Å². The number of rotatable bonds is 5. The summed E-state index contributed by atoms with van der Waals surface area (Å²) in [6.07, 6.45) is 7.32. The standard InChI is InChI=1S/C28H35N3/c1-20-8-9-27(18-29-20)25-11-10-24-17-26(13-12-23(24)16-25)28(31-15-5-7-22(31)3)19-30-14-4-6-21(30)2/h8-13,16-18,21-22,28H,4-7,14-15,19H2,1-3H3/t21-,22-,28?/m1/s1. The van der Waals surface area contributed by atoms with E-state index in [-0.39, 0.29) is 0 Å². The second-order valence-corrected chi connectivity index (χ2v) is 9.74. The summed E-state index contributed by atoms with van der Waals surface area (Å²) in [5.74, 6) is 0. The van der Waals surface area contributed by atoms with Gasteiger partial charge in [0.2, 0.25) is 0 Å². The molecule has 2 aliphatic heterocycles. The first-order valence-electron chi connectivity index (χ1n) is 12.0. The van der Waals surface area contributed by atoms with E-state index in [9.17, 15) is 0 Å². The van der Waals surface area contributed by atoms with Crippen LogP contribution < -0.4 is 0 Å². The molecule has 2 fully saturated rings. The first-order chi connectivity index (χ1) is 15.1. The summed E-state index contributed by atoms with van der Waals surface area (Å²) in [7, 11) is 0. The van der Waals surface area contributed by atoms with Gasteiger partial charge in [-0.15, -0.1) is 0 Å². The fourth-order valence-electron chi connectivity index (χ4n) is 5.60. The predicted octanol–water partition coefficient (Wildman–Crippen LogP) is 6.22. The van der Waals surface area contributed by atoms with E-state index >= 15 is 0 Å². The second kappa shape index (κ2) is 8.72. The first-order valence-corrected chi connectivity index (χ1v) is 12.0. The van der Waals surface area contributed by atoms with Crippen LogP contribution in [0.4, 0.5) is 0 Å². The normalized spacial score (nSPS) is 23.6. The van der Waals surface area contributed by atoms with E-state index in [1.54, 1.807) is 0 Å². The van der Waals surface area contributed by atoms with E-state index < -0.39 is 0 Å². The highest BCUT2D eigenvalue weighted by Gasteiger charge is 2.32. The van der Waals surface area contributed by atoms with Gasteiger partial charge in [0.05, 0.1) is 0 Å². The van der Waals surface area contributed by atoms with Crippen molar-refractivity contribution in [1.29, 1.82) is 0 Å². The van der Waals surface area contributed by atoms with Crippen molar-refractivity contribution in [2.45, 2.75) is 64.6 Å². The summed E-state index contributed by atoms with van der Waals surface area (Å²) in [5.41, 5.74) is 4.96. The van der Waals surface area contributed by atoms with E-state index in [0.29, 0.717) is 18.1 Å². The molecule has 3 aromatic rings. The molecular weight excluding hydrogens is 378 g/mol. The van der Waals surface area contributed by atoms with Gasteiger partial charge in [0, 0.05) is 42.1 Å². The maximum atomic E-state index is 4.47. The molecule has 0 saturated carbocycles. The molecule has 3 nitrogen and oxygen atoms in total. The van der Waals surface area contributed by atoms with E-state index in [0.717, 1.165) is 12.2 Å². The third-order valence-electron chi connectivity index (χ3n) is 7.60. The number of fused-ring (bicyclic) bond motifs is 1. The molecule has 5 rings (SSSR count). The molecule has 0 spiro atoms. The lowest BCUT2D eigenvalue weighted by Gasteiger charge is -2.36. The second-order valence-electron chi connectivity index (χ2n) is 9.74. The van der Waals surface area contributed by atoms with Crippen molar-refractivity contribution in [3.63, 3.8) is 0 Å². The largest absolute Gasteiger partial charge is 0.299 e. The van der Waals surface area contributed by atoms with Crippen LogP contribution in [0.5, 0.6) is 0 Å². The molecule has 3 heterocycles. The van der Waals surface area contributed by atoms with Gasteiger partial charge >= 0.3 is 0 Å². The summed E-state index contributed by atoms with van der Waals surface area (Å²) in [6.45, 7) is 10.5. The Bertz CT molecular complexity index is 1040. The third kappa shape index (κ3) is 4.26. The molecule has 0 N–H and O–H groups in total. The van der Waals surface area contributed by atoms with Crippen molar-refractivity contribution in [3.8, 4) is 11.1 Å². The Morgan fingerprint density at radius 2 is 1.61 bits per heavy atom. The number of aryl methyl sites for hydroxylation is 1. The van der Waals surface area contributed by atoms with E-state index in [2.05, 4.69) is 77.2 Å². The average molecular weight is 414 g/mol. The maximum Gasteiger partial charge on any atom is 0.0478 e. The molecule has 1 aromatic heterocycles. The molecule has 0 bridgehead atoms. The Hall–Kier alpha value is -2.23. The van der Waals surface area contributed by atoms with Gasteiger partial charge in [-0.1, -0.05) is 30.3 Å². The van der Waals surface area contributed by atoms with E-state index in [4.69, 9.17) is 0 Å². The van der Waals surface area contributed by atoms with Gasteiger partial charge in [-0.2, -0.15) is 0 Å². The smallest absolute Gasteiger partial charge is 0.0478 e. The predicted molar refractivity (Wildman–Crippen MR) is 130 cm³/mol. The van der Waals surface area contributed by atoms with Crippen molar-refractivity contribution in [2.24, 2.45) is 0 Å². The zero-order valence-corrected chi connectivity index (χ0v) is 19.2. The van der Waals surface area contributed by atoms with Gasteiger partial charge in [-0.3, -0.25) is 14.8 Å². The highest BCUT2D eigenvalue weighted by Crippen LogP contribution is 2.34. The number of likely N-dealkylation sites (tertiary alicyclic amines) is 2. The molecule has 2 aliphatic rings. The molecule has 162 valence electrons. The van der Waals surface area contributed by atoms with Gasteiger partial charge in [0.15, 0.2) is 0 Å². The number of pyridine rings is 1. The number of nitrogens with zero attached hydrogens (tertiary/aromatic N) is 3. The summed E-state index contributed by atoms with van der Waals surface area (Å²) in [4.78, 5) is 9.95. The summed E-state index contributed by atoms with van der Waals surface area (Å²) in [5, 5.41) is 2.65. The molecule has 0 amide bonds. The van der Waals surface area contributed by atoms with Crippen LogP contribution in [0.2, 0.25) is 0 Å². The van der Waals surface area contributed by atoms with E-state index in [1.165, 1.54) is 66.2 Å². The van der Waals surface area contributed by atoms with E-state index in [1.807, 2.05) is 13.1 Å². The summed E-state index contributed by atoms with van der Waals surface area (Å²) in [6, 6.07) is 20.1. The molecule has 0 radical (unpaired) electrons. The highest BCUT2D eigenvalue weighted by molar-refractivity contribution is 5.87. The maximum absolute atomic E-state index is 4.47. The number of aromatic nitrogens is 1. The monoisotopic (exact) mass is 413 g/mol. The van der Waals surface area contributed by atoms with Crippen LogP contribution >= 0.6 is 0 Å². The van der Waals surface area contributed by atoms with Gasteiger partial charge < -0.3 is 0 Å². The Morgan fingerprint density at radius 3 is 2.32 bits per heavy atom. The molecule has 1 unspecified atom stereocenters. The summed E-state index contributed by atoms with van der Waals surface area (Å²) < 4.78 is 0. The Morgan fingerprint density at radius 1 is 0.871 bits per heavy atom. The summed E-state index contributed by atoms with van der Waals surface area (Å²) >= 11 is 0. The minimum atomic E-state index is 0.489. The van der Waals surface area contributed by atoms with Crippen molar-refractivity contribution in [1.82, 2.24) is 14.8 Å². The van der Waals surface area contributed by atoms with Crippen LogP contribution in [-0.2, 0) is 0 Å². The van der Waals surface area contributed by atoms with Crippen LogP contribution in [0, 0.1) is 6.92 Å². The molecule has 3 atom stereocenters. The fraction of sp³-hybridized carbons (Fsp3) is 0.464. The lowest BCUT2D eigenvalue weighted by atomic mass is 9.97. The number of hydrogen-bond acceptors (Lipinski definition) is 3. The minimum Gasteiger partial charge on any atom is -0.299 e. The topological polar surface area (TPSA) is 19.4 Å². The van der Waals surface area contributed by atoms with Gasteiger partial charge in [0.1, 0.15) is 0 Å². The number of hydrogen-bond donors (Lipinski definition) is 0. The van der Waals surface area contributed by atoms with Gasteiger partial charge in [-0.05, 0) is 99.6 Å². The molecule has 2 aromatic carbocycles. The third-order valence-corrected chi connectivity index (χ3v) is 7.60.